The third-order valence-corrected chi connectivity index (χ3v) is 3.49. The smallest absolute Gasteiger partial charge is 0.218 e. The number of nitrogens with one attached hydrogen (secondary N) is 1. The Kier molecular flexibility index (Phi) is 4.37. The lowest BCUT2D eigenvalue weighted by Crippen LogP contribution is -2.43. The fourth-order valence-corrected chi connectivity index (χ4v) is 2.50. The molecule has 1 aromatic rings. The summed E-state index contributed by atoms with van der Waals surface area (Å²) in [5, 5.41) is 3.07. The molecule has 1 amide bonds. The normalized spacial score (nSPS) is 18.3. The lowest BCUT2D eigenvalue weighted by Gasteiger charge is -2.35. The quantitative estimate of drug-likeness (QED) is 0.889. The van der Waals surface area contributed by atoms with Gasteiger partial charge in [-0.3, -0.25) is 9.69 Å². The van der Waals surface area contributed by atoms with Crippen LogP contribution in [0.25, 0.3) is 0 Å². The predicted molar refractivity (Wildman–Crippen MR) is 73.2 cm³/mol. The molecule has 0 aliphatic carbocycles. The molecule has 1 fully saturated rings. The summed E-state index contributed by atoms with van der Waals surface area (Å²) in [7, 11) is 0. The van der Waals surface area contributed by atoms with Crippen LogP contribution in [0.4, 0.5) is 0 Å². The highest BCUT2D eigenvalue weighted by molar-refractivity contribution is 5.73. The number of nitrogens with zero attached hydrogens (tertiary/aromatic N) is 1. The Morgan fingerprint density at radius 3 is 2.33 bits per heavy atom. The van der Waals surface area contributed by atoms with Crippen molar-refractivity contribution in [3.63, 3.8) is 0 Å². The zero-order valence-electron chi connectivity index (χ0n) is 11.3. The van der Waals surface area contributed by atoms with Crippen LogP contribution in [0, 0.1) is 6.92 Å². The van der Waals surface area contributed by atoms with Crippen LogP contribution in [0.5, 0.6) is 0 Å². The van der Waals surface area contributed by atoms with Crippen molar-refractivity contribution in [2.24, 2.45) is 0 Å². The summed E-state index contributed by atoms with van der Waals surface area (Å²) in [5.74, 6) is 0.0335. The van der Waals surface area contributed by atoms with Crippen molar-refractivity contribution in [3.05, 3.63) is 35.4 Å². The fourth-order valence-electron chi connectivity index (χ4n) is 2.50. The fraction of sp³-hybridized carbons (Fsp3) is 0.533. The molecule has 1 aromatic carbocycles. The van der Waals surface area contributed by atoms with Gasteiger partial charge in [0.2, 0.25) is 5.91 Å². The molecule has 0 aromatic heterocycles. The van der Waals surface area contributed by atoms with E-state index < -0.39 is 0 Å². The summed E-state index contributed by atoms with van der Waals surface area (Å²) >= 11 is 0. The van der Waals surface area contributed by atoms with Crippen LogP contribution in [-0.2, 0) is 4.79 Å². The molecule has 0 radical (unpaired) electrons. The van der Waals surface area contributed by atoms with Crippen molar-refractivity contribution in [1.82, 2.24) is 10.2 Å². The molecule has 1 aliphatic rings. The summed E-state index contributed by atoms with van der Waals surface area (Å²) in [6.45, 7) is 5.81. The Bertz CT molecular complexity index is 393. The maximum atomic E-state index is 11.4. The van der Waals surface area contributed by atoms with Crippen LogP contribution < -0.4 is 5.32 Å². The molecule has 1 aliphatic heterocycles. The predicted octanol–water partition coefficient (Wildman–Crippen LogP) is 2.62. The average molecular weight is 246 g/mol. The van der Waals surface area contributed by atoms with Gasteiger partial charge in [0.25, 0.3) is 0 Å². The number of aryl methyl sites for hydroxylation is 1. The second kappa shape index (κ2) is 6.01. The molecule has 1 atom stereocenters. The van der Waals surface area contributed by atoms with Crippen LogP contribution in [0.15, 0.2) is 24.3 Å². The number of likely N-dealkylation sites (tertiary alicyclic amines) is 1. The van der Waals surface area contributed by atoms with Gasteiger partial charge in [-0.15, -0.1) is 0 Å². The lowest BCUT2D eigenvalue weighted by molar-refractivity contribution is -0.121. The topological polar surface area (TPSA) is 32.3 Å². The summed E-state index contributed by atoms with van der Waals surface area (Å²) in [6, 6.07) is 8.44. The molecule has 2 rings (SSSR count). The molecule has 0 bridgehead atoms. The van der Waals surface area contributed by atoms with E-state index in [0.717, 1.165) is 13.1 Å². The Balaban J connectivity index is 2.17. The number of amides is 1. The second-order valence-electron chi connectivity index (χ2n) is 5.11. The van der Waals surface area contributed by atoms with E-state index in [2.05, 4.69) is 41.4 Å². The van der Waals surface area contributed by atoms with E-state index in [-0.39, 0.29) is 12.1 Å². The van der Waals surface area contributed by atoms with Gasteiger partial charge >= 0.3 is 0 Å². The van der Waals surface area contributed by atoms with Crippen molar-refractivity contribution in [1.29, 1.82) is 0 Å². The van der Waals surface area contributed by atoms with Crippen LogP contribution in [0.3, 0.4) is 0 Å². The molecule has 98 valence electrons. The molecule has 0 saturated carbocycles. The molecule has 3 nitrogen and oxygen atoms in total. The average Bonchev–Trinajstić information content (AvgIpc) is 2.38. The zero-order chi connectivity index (χ0) is 13.0. The number of benzene rings is 1. The zero-order valence-corrected chi connectivity index (χ0v) is 11.3. The van der Waals surface area contributed by atoms with Gasteiger partial charge < -0.3 is 5.32 Å². The minimum Gasteiger partial charge on any atom is -0.337 e. The molecular formula is C15H22N2O. The summed E-state index contributed by atoms with van der Waals surface area (Å²) in [4.78, 5) is 13.8. The minimum atomic E-state index is 0.0309. The first kappa shape index (κ1) is 13.1. The van der Waals surface area contributed by atoms with Gasteiger partial charge in [0, 0.05) is 20.0 Å². The first-order valence-electron chi connectivity index (χ1n) is 6.74. The van der Waals surface area contributed by atoms with Crippen molar-refractivity contribution >= 4 is 5.91 Å². The van der Waals surface area contributed by atoms with Crippen molar-refractivity contribution in [3.8, 4) is 0 Å². The summed E-state index contributed by atoms with van der Waals surface area (Å²) in [6.07, 6.45) is 3.78. The number of hydrogen-bond donors (Lipinski definition) is 1. The van der Waals surface area contributed by atoms with Gasteiger partial charge in [-0.1, -0.05) is 36.2 Å². The van der Waals surface area contributed by atoms with E-state index in [4.69, 9.17) is 0 Å². The van der Waals surface area contributed by atoms with E-state index in [1.807, 2.05) is 0 Å². The van der Waals surface area contributed by atoms with Gasteiger partial charge in [0.15, 0.2) is 0 Å². The van der Waals surface area contributed by atoms with Gasteiger partial charge in [-0.25, -0.2) is 0 Å². The van der Waals surface area contributed by atoms with Gasteiger partial charge in [-0.2, -0.15) is 0 Å². The van der Waals surface area contributed by atoms with Crippen molar-refractivity contribution < 1.29 is 4.79 Å². The SMILES string of the molecule is CC(=O)NC(c1ccc(C)cc1)N1CCCCC1. The lowest BCUT2D eigenvalue weighted by atomic mass is 10.1. The van der Waals surface area contributed by atoms with E-state index in [0.29, 0.717) is 0 Å². The van der Waals surface area contributed by atoms with Crippen LogP contribution in [0.2, 0.25) is 0 Å². The number of carbonyl (C=O) groups is 1. The van der Waals surface area contributed by atoms with Gasteiger partial charge in [0.1, 0.15) is 6.17 Å². The number of carbonyl (C=O) groups excluding carboxylic acids is 1. The molecule has 18 heavy (non-hydrogen) atoms. The first-order valence-corrected chi connectivity index (χ1v) is 6.74. The standard InChI is InChI=1S/C15H22N2O/c1-12-6-8-14(9-7-12)15(16-13(2)18)17-10-4-3-5-11-17/h6-9,15H,3-5,10-11H2,1-2H3,(H,16,18). The van der Waals surface area contributed by atoms with Crippen molar-refractivity contribution in [2.45, 2.75) is 39.3 Å². The number of rotatable bonds is 3. The highest BCUT2D eigenvalue weighted by Gasteiger charge is 2.22. The third kappa shape index (κ3) is 3.33. The molecule has 1 N–H and O–H groups in total. The number of hydrogen-bond acceptors (Lipinski definition) is 2. The second-order valence-corrected chi connectivity index (χ2v) is 5.11. The van der Waals surface area contributed by atoms with E-state index in [9.17, 15) is 4.79 Å². The van der Waals surface area contributed by atoms with E-state index >= 15 is 0 Å². The first-order chi connectivity index (χ1) is 8.66. The van der Waals surface area contributed by atoms with Crippen LogP contribution in [0.1, 0.15) is 43.5 Å². The van der Waals surface area contributed by atoms with E-state index in [1.165, 1.54) is 30.4 Å². The molecular weight excluding hydrogens is 224 g/mol. The third-order valence-electron chi connectivity index (χ3n) is 3.49. The Labute approximate surface area is 109 Å². The van der Waals surface area contributed by atoms with Gasteiger partial charge in [-0.05, 0) is 25.3 Å². The molecule has 1 saturated heterocycles. The minimum absolute atomic E-state index is 0.0309. The van der Waals surface area contributed by atoms with Crippen molar-refractivity contribution in [2.75, 3.05) is 13.1 Å². The highest BCUT2D eigenvalue weighted by Crippen LogP contribution is 2.22. The Hall–Kier alpha value is -1.35. The molecule has 0 spiro atoms. The van der Waals surface area contributed by atoms with E-state index in [1.54, 1.807) is 6.92 Å². The largest absolute Gasteiger partial charge is 0.337 e. The van der Waals surface area contributed by atoms with Gasteiger partial charge in [0.05, 0.1) is 0 Å². The maximum absolute atomic E-state index is 11.4. The maximum Gasteiger partial charge on any atom is 0.218 e. The number of piperidine rings is 1. The Morgan fingerprint density at radius 1 is 1.17 bits per heavy atom. The summed E-state index contributed by atoms with van der Waals surface area (Å²) in [5.41, 5.74) is 2.43. The summed E-state index contributed by atoms with van der Waals surface area (Å²) < 4.78 is 0. The van der Waals surface area contributed by atoms with Crippen LogP contribution >= 0.6 is 0 Å². The molecule has 3 heteroatoms. The van der Waals surface area contributed by atoms with Crippen LogP contribution in [-0.4, -0.2) is 23.9 Å². The molecule has 1 heterocycles. The molecule has 1 unspecified atom stereocenters. The Morgan fingerprint density at radius 2 is 1.78 bits per heavy atom. The monoisotopic (exact) mass is 246 g/mol. The highest BCUT2D eigenvalue weighted by atomic mass is 16.1.